The number of hydrogen-bond donors (Lipinski definition) is 1. The zero-order valence-corrected chi connectivity index (χ0v) is 15.3. The normalized spacial score (nSPS) is 13.2. The van der Waals surface area contributed by atoms with Crippen LogP contribution in [-0.4, -0.2) is 12.1 Å². The molecule has 0 spiro atoms. The molecule has 3 rings (SSSR count). The third-order valence-electron chi connectivity index (χ3n) is 4.20. The maximum absolute atomic E-state index is 10.6. The van der Waals surface area contributed by atoms with Gasteiger partial charge in [-0.05, 0) is 41.5 Å². The van der Waals surface area contributed by atoms with Gasteiger partial charge in [0.25, 0.3) is 0 Å². The third kappa shape index (κ3) is 5.57. The van der Waals surface area contributed by atoms with Crippen molar-refractivity contribution in [3.05, 3.63) is 106 Å². The molecule has 2 aromatic carbocycles. The number of nitrogens with one attached hydrogen (secondary N) is 1. The predicted molar refractivity (Wildman–Crippen MR) is 108 cm³/mol. The highest BCUT2D eigenvalue weighted by Gasteiger charge is 2.07. The lowest BCUT2D eigenvalue weighted by atomic mass is 10.1. The smallest absolute Gasteiger partial charge is 0.119 e. The fourth-order valence-corrected chi connectivity index (χ4v) is 2.79. The van der Waals surface area contributed by atoms with E-state index >= 15 is 0 Å². The van der Waals surface area contributed by atoms with E-state index in [1.54, 1.807) is 7.05 Å². The van der Waals surface area contributed by atoms with Crippen LogP contribution in [0, 0.1) is 4.91 Å². The molecule has 2 aromatic rings. The molecule has 0 radical (unpaired) electrons. The highest BCUT2D eigenvalue weighted by atomic mass is 16.5. The summed E-state index contributed by atoms with van der Waals surface area (Å²) in [6.07, 6.45) is 8.88. The van der Waals surface area contributed by atoms with Gasteiger partial charge >= 0.3 is 0 Å². The van der Waals surface area contributed by atoms with Crippen molar-refractivity contribution in [1.29, 1.82) is 0 Å². The van der Waals surface area contributed by atoms with Crippen molar-refractivity contribution in [1.82, 2.24) is 5.01 Å². The fraction of sp³-hybridized carbons (Fsp3) is 0.182. The van der Waals surface area contributed by atoms with Gasteiger partial charge in [-0.15, -0.1) is 4.91 Å². The summed E-state index contributed by atoms with van der Waals surface area (Å²) < 4.78 is 5.98. The number of hydrogen-bond acceptors (Lipinski definition) is 4. The standard InChI is InChI=1S/C22H23N3O2/c1-25(24-26)16-18-8-5-6-9-19(18)17-27-22-13-7-12-21(14-15-22)23-20-10-3-2-4-11-20/h2-11,13-15,23H,12,16-17H2,1H3. The van der Waals surface area contributed by atoms with Gasteiger partial charge in [-0.2, -0.15) is 0 Å². The van der Waals surface area contributed by atoms with Gasteiger partial charge in [0.05, 0.1) is 11.8 Å². The number of ether oxygens (including phenoxy) is 1. The Balaban J connectivity index is 1.64. The summed E-state index contributed by atoms with van der Waals surface area (Å²) in [5.74, 6) is 0.802. The van der Waals surface area contributed by atoms with Crippen LogP contribution in [0.4, 0.5) is 5.69 Å². The molecule has 0 aromatic heterocycles. The van der Waals surface area contributed by atoms with Crippen LogP contribution in [0.3, 0.4) is 0 Å². The second-order valence-electron chi connectivity index (χ2n) is 6.31. The molecule has 0 bridgehead atoms. The van der Waals surface area contributed by atoms with Gasteiger partial charge in [-0.1, -0.05) is 48.5 Å². The first-order chi connectivity index (χ1) is 13.2. The highest BCUT2D eigenvalue weighted by molar-refractivity contribution is 5.49. The average Bonchev–Trinajstić information content (AvgIpc) is 2.93. The minimum absolute atomic E-state index is 0.439. The van der Waals surface area contributed by atoms with E-state index < -0.39 is 0 Å². The van der Waals surface area contributed by atoms with Crippen molar-refractivity contribution in [2.24, 2.45) is 5.29 Å². The van der Waals surface area contributed by atoms with Gasteiger partial charge in [0.15, 0.2) is 0 Å². The molecule has 0 atom stereocenters. The number of allylic oxidation sites excluding steroid dienone is 4. The molecule has 0 aliphatic heterocycles. The minimum Gasteiger partial charge on any atom is -0.489 e. The molecule has 0 fully saturated rings. The van der Waals surface area contributed by atoms with E-state index in [0.717, 1.165) is 34.7 Å². The Bertz CT molecular complexity index is 857. The first-order valence-corrected chi connectivity index (χ1v) is 8.88. The first kappa shape index (κ1) is 18.5. The van der Waals surface area contributed by atoms with Crippen LogP contribution >= 0.6 is 0 Å². The molecule has 0 saturated heterocycles. The minimum atomic E-state index is 0.439. The van der Waals surface area contributed by atoms with Crippen LogP contribution in [0.5, 0.6) is 0 Å². The van der Waals surface area contributed by atoms with E-state index in [1.807, 2.05) is 72.8 Å². The van der Waals surface area contributed by atoms with Gasteiger partial charge in [0, 0.05) is 24.9 Å². The van der Waals surface area contributed by atoms with E-state index in [4.69, 9.17) is 4.74 Å². The second kappa shape index (κ2) is 9.38. The molecule has 1 N–H and O–H groups in total. The Labute approximate surface area is 159 Å². The largest absolute Gasteiger partial charge is 0.489 e. The predicted octanol–water partition coefficient (Wildman–Crippen LogP) is 5.16. The molecule has 0 saturated carbocycles. The van der Waals surface area contributed by atoms with E-state index in [1.165, 1.54) is 5.01 Å². The maximum atomic E-state index is 10.6. The van der Waals surface area contributed by atoms with E-state index in [-0.39, 0.29) is 0 Å². The molecule has 5 nitrogen and oxygen atoms in total. The van der Waals surface area contributed by atoms with Crippen molar-refractivity contribution in [3.8, 4) is 0 Å². The van der Waals surface area contributed by atoms with Gasteiger partial charge in [0.2, 0.25) is 0 Å². The van der Waals surface area contributed by atoms with E-state index in [9.17, 15) is 4.91 Å². The van der Waals surface area contributed by atoms with Gasteiger partial charge in [-0.3, -0.25) is 5.01 Å². The topological polar surface area (TPSA) is 53.9 Å². The second-order valence-corrected chi connectivity index (χ2v) is 6.31. The summed E-state index contributed by atoms with van der Waals surface area (Å²) in [7, 11) is 1.66. The monoisotopic (exact) mass is 361 g/mol. The highest BCUT2D eigenvalue weighted by Crippen LogP contribution is 2.18. The lowest BCUT2D eigenvalue weighted by Crippen LogP contribution is -2.11. The summed E-state index contributed by atoms with van der Waals surface area (Å²) in [5, 5.41) is 7.72. The van der Waals surface area contributed by atoms with E-state index in [0.29, 0.717) is 13.2 Å². The number of rotatable bonds is 8. The van der Waals surface area contributed by atoms with Crippen LogP contribution in [0.1, 0.15) is 17.5 Å². The third-order valence-corrected chi connectivity index (χ3v) is 4.20. The Morgan fingerprint density at radius 3 is 2.56 bits per heavy atom. The fourth-order valence-electron chi connectivity index (χ4n) is 2.79. The molecule has 5 heteroatoms. The van der Waals surface area contributed by atoms with Crippen molar-refractivity contribution in [3.63, 3.8) is 0 Å². The molecule has 138 valence electrons. The Morgan fingerprint density at radius 2 is 1.78 bits per heavy atom. The Kier molecular flexibility index (Phi) is 6.41. The number of benzene rings is 2. The van der Waals surface area contributed by atoms with Gasteiger partial charge in [-0.25, -0.2) is 0 Å². The van der Waals surface area contributed by atoms with Gasteiger partial charge in [0.1, 0.15) is 12.4 Å². The number of nitrogens with zero attached hydrogens (tertiary/aromatic N) is 2. The summed E-state index contributed by atoms with van der Waals surface area (Å²) in [4.78, 5) is 10.6. The van der Waals surface area contributed by atoms with Crippen LogP contribution in [0.25, 0.3) is 0 Å². The summed E-state index contributed by atoms with van der Waals surface area (Å²) in [5.41, 5.74) is 4.24. The molecule has 0 heterocycles. The van der Waals surface area contributed by atoms with Crippen LogP contribution in [-0.2, 0) is 17.9 Å². The Morgan fingerprint density at radius 1 is 1.04 bits per heavy atom. The van der Waals surface area contributed by atoms with Crippen LogP contribution < -0.4 is 5.32 Å². The quantitative estimate of drug-likeness (QED) is 0.521. The lowest BCUT2D eigenvalue weighted by molar-refractivity contribution is 0.209. The van der Waals surface area contributed by atoms with E-state index in [2.05, 4.69) is 16.7 Å². The first-order valence-electron chi connectivity index (χ1n) is 8.88. The molecule has 27 heavy (non-hydrogen) atoms. The van der Waals surface area contributed by atoms with Crippen LogP contribution in [0.15, 0.2) is 95.6 Å². The number of para-hydroxylation sites is 1. The summed E-state index contributed by atoms with van der Waals surface area (Å²) in [6, 6.07) is 18.0. The van der Waals surface area contributed by atoms with Crippen LogP contribution in [0.2, 0.25) is 0 Å². The lowest BCUT2D eigenvalue weighted by Gasteiger charge is -2.14. The van der Waals surface area contributed by atoms with Crippen molar-refractivity contribution in [2.75, 3.05) is 12.4 Å². The number of nitroso groups, excluding NO2 is 1. The zero-order valence-electron chi connectivity index (χ0n) is 15.3. The van der Waals surface area contributed by atoms with Crippen molar-refractivity contribution >= 4 is 5.69 Å². The van der Waals surface area contributed by atoms with Crippen molar-refractivity contribution in [2.45, 2.75) is 19.6 Å². The van der Waals surface area contributed by atoms with Crippen molar-refractivity contribution < 1.29 is 4.74 Å². The Hall–Kier alpha value is -3.34. The summed E-state index contributed by atoms with van der Waals surface area (Å²) >= 11 is 0. The molecular formula is C22H23N3O2. The summed E-state index contributed by atoms with van der Waals surface area (Å²) in [6.45, 7) is 0.900. The maximum Gasteiger partial charge on any atom is 0.119 e. The molecule has 1 aliphatic carbocycles. The molecule has 0 unspecified atom stereocenters. The zero-order chi connectivity index (χ0) is 18.9. The van der Waals surface area contributed by atoms with Gasteiger partial charge < -0.3 is 10.1 Å². The number of anilines is 1. The average molecular weight is 361 g/mol. The SMILES string of the molecule is CN(Cc1ccccc1COC1=CC=C(Nc2ccccc2)CC=C1)N=O. The molecular weight excluding hydrogens is 338 g/mol. The molecule has 1 aliphatic rings. The molecule has 0 amide bonds.